The molecule has 156 valence electrons. The first-order valence-corrected chi connectivity index (χ1v) is 10.3. The number of nitrogens with zero attached hydrogens (tertiary/aromatic N) is 1. The van der Waals surface area contributed by atoms with Gasteiger partial charge in [-0.3, -0.25) is 4.79 Å². The van der Waals surface area contributed by atoms with Gasteiger partial charge in [0.2, 0.25) is 0 Å². The highest BCUT2D eigenvalue weighted by Crippen LogP contribution is 2.39. The van der Waals surface area contributed by atoms with Crippen LogP contribution in [0.15, 0.2) is 104 Å². The number of benzene rings is 3. The van der Waals surface area contributed by atoms with Gasteiger partial charge in [0.05, 0.1) is 11.7 Å². The predicted molar refractivity (Wildman–Crippen MR) is 120 cm³/mol. The van der Waals surface area contributed by atoms with Gasteiger partial charge in [-0.05, 0) is 16.7 Å². The van der Waals surface area contributed by atoms with E-state index in [0.29, 0.717) is 6.42 Å². The first kappa shape index (κ1) is 20.6. The Morgan fingerprint density at radius 1 is 0.871 bits per heavy atom. The number of nitrogens with two attached hydrogens (primary N) is 1. The topological polar surface area (TPSA) is 81.0 Å². The molecule has 5 heteroatoms. The van der Waals surface area contributed by atoms with Crippen LogP contribution in [-0.2, 0) is 21.4 Å². The van der Waals surface area contributed by atoms with Crippen LogP contribution in [0.4, 0.5) is 0 Å². The van der Waals surface area contributed by atoms with Crippen molar-refractivity contribution < 1.29 is 9.53 Å². The highest BCUT2D eigenvalue weighted by Gasteiger charge is 2.38. The predicted octanol–water partition coefficient (Wildman–Crippen LogP) is 3.86. The highest BCUT2D eigenvalue weighted by molar-refractivity contribution is 5.76. The van der Waals surface area contributed by atoms with Crippen LogP contribution in [0.5, 0.6) is 0 Å². The molecule has 1 aromatic heterocycles. The number of H-pyrrole nitrogens is 1. The first-order valence-electron chi connectivity index (χ1n) is 10.3. The number of hydrogen-bond donors (Lipinski definition) is 2. The molecule has 0 aliphatic heterocycles. The summed E-state index contributed by atoms with van der Waals surface area (Å²) in [4.78, 5) is 19.8. The average molecular weight is 412 g/mol. The molecule has 4 aromatic rings. The van der Waals surface area contributed by atoms with Crippen LogP contribution in [-0.4, -0.2) is 28.6 Å². The minimum absolute atomic E-state index is 0.139. The summed E-state index contributed by atoms with van der Waals surface area (Å²) >= 11 is 0. The molecule has 0 bridgehead atoms. The van der Waals surface area contributed by atoms with Crippen molar-refractivity contribution in [3.8, 4) is 0 Å². The van der Waals surface area contributed by atoms with Gasteiger partial charge in [-0.15, -0.1) is 0 Å². The van der Waals surface area contributed by atoms with Gasteiger partial charge in [-0.25, -0.2) is 4.98 Å². The average Bonchev–Trinajstić information content (AvgIpc) is 3.34. The van der Waals surface area contributed by atoms with E-state index >= 15 is 0 Å². The SMILES string of the molecule is NC(Cc1cnc[nH]1)C(=O)OCC(c1ccccc1)(c1ccccc1)c1ccccc1. The lowest BCUT2D eigenvalue weighted by Crippen LogP contribution is -2.40. The number of carbonyl (C=O) groups is 1. The lowest BCUT2D eigenvalue weighted by atomic mass is 9.70. The fraction of sp³-hybridized carbons (Fsp3) is 0.154. The summed E-state index contributed by atoms with van der Waals surface area (Å²) < 4.78 is 5.88. The summed E-state index contributed by atoms with van der Waals surface area (Å²) in [5, 5.41) is 0. The van der Waals surface area contributed by atoms with Gasteiger partial charge in [-0.2, -0.15) is 0 Å². The Labute approximate surface area is 181 Å². The van der Waals surface area contributed by atoms with E-state index in [1.54, 1.807) is 12.5 Å². The minimum atomic E-state index is -0.777. The van der Waals surface area contributed by atoms with Gasteiger partial charge < -0.3 is 15.5 Å². The number of rotatable bonds is 8. The van der Waals surface area contributed by atoms with E-state index in [0.717, 1.165) is 22.4 Å². The molecule has 0 aliphatic rings. The van der Waals surface area contributed by atoms with Crippen LogP contribution in [0, 0.1) is 0 Å². The molecule has 1 atom stereocenters. The molecular formula is C26H25N3O2. The largest absolute Gasteiger partial charge is 0.463 e. The zero-order chi connectivity index (χ0) is 21.5. The first-order chi connectivity index (χ1) is 15.2. The number of hydrogen-bond acceptors (Lipinski definition) is 4. The van der Waals surface area contributed by atoms with Crippen molar-refractivity contribution in [3.63, 3.8) is 0 Å². The smallest absolute Gasteiger partial charge is 0.323 e. The maximum atomic E-state index is 12.8. The van der Waals surface area contributed by atoms with Gasteiger partial charge in [0, 0.05) is 18.3 Å². The molecule has 1 unspecified atom stereocenters. The summed E-state index contributed by atoms with van der Waals surface area (Å²) in [6.45, 7) is 0.139. The molecule has 4 rings (SSSR count). The molecule has 3 N–H and O–H groups in total. The molecule has 1 heterocycles. The Hall–Kier alpha value is -3.70. The number of carbonyl (C=O) groups excluding carboxylic acids is 1. The van der Waals surface area contributed by atoms with E-state index in [9.17, 15) is 4.79 Å². The molecule has 0 aliphatic carbocycles. The van der Waals surface area contributed by atoms with Crippen molar-refractivity contribution in [1.82, 2.24) is 9.97 Å². The molecule has 3 aromatic carbocycles. The Bertz CT molecular complexity index is 985. The molecule has 0 fully saturated rings. The zero-order valence-corrected chi connectivity index (χ0v) is 17.1. The Morgan fingerprint density at radius 3 is 1.77 bits per heavy atom. The quantitative estimate of drug-likeness (QED) is 0.341. The summed E-state index contributed by atoms with van der Waals surface area (Å²) in [6.07, 6.45) is 3.57. The van der Waals surface area contributed by atoms with Gasteiger partial charge in [0.15, 0.2) is 0 Å². The van der Waals surface area contributed by atoms with E-state index in [-0.39, 0.29) is 6.61 Å². The number of esters is 1. The second-order valence-corrected chi connectivity index (χ2v) is 7.50. The molecule has 31 heavy (non-hydrogen) atoms. The monoisotopic (exact) mass is 411 g/mol. The normalized spacial score (nSPS) is 12.3. The molecule has 5 nitrogen and oxygen atoms in total. The molecular weight excluding hydrogens is 386 g/mol. The molecule has 0 radical (unpaired) electrons. The maximum Gasteiger partial charge on any atom is 0.323 e. The van der Waals surface area contributed by atoms with E-state index in [4.69, 9.17) is 10.5 Å². The van der Waals surface area contributed by atoms with Crippen LogP contribution < -0.4 is 5.73 Å². The van der Waals surface area contributed by atoms with Crippen molar-refractivity contribution in [1.29, 1.82) is 0 Å². The molecule has 0 spiro atoms. The maximum absolute atomic E-state index is 12.8. The molecule has 0 saturated heterocycles. The standard InChI is InChI=1S/C26H25N3O2/c27-24(16-23-17-28-19-29-23)25(30)31-18-26(20-10-4-1-5-11-20,21-12-6-2-7-13-21)22-14-8-3-9-15-22/h1-15,17,19,24H,16,18,27H2,(H,28,29). The van der Waals surface area contributed by atoms with Crippen molar-refractivity contribution in [2.24, 2.45) is 5.73 Å². The van der Waals surface area contributed by atoms with Crippen molar-refractivity contribution in [2.45, 2.75) is 17.9 Å². The van der Waals surface area contributed by atoms with Gasteiger partial charge in [0.25, 0.3) is 0 Å². The summed E-state index contributed by atoms with van der Waals surface area (Å²) in [7, 11) is 0. The van der Waals surface area contributed by atoms with Crippen LogP contribution in [0.25, 0.3) is 0 Å². The Kier molecular flexibility index (Phi) is 6.24. The highest BCUT2D eigenvalue weighted by atomic mass is 16.5. The summed E-state index contributed by atoms with van der Waals surface area (Å²) in [5.41, 5.74) is 9.40. The summed E-state index contributed by atoms with van der Waals surface area (Å²) in [5.74, 6) is -0.443. The van der Waals surface area contributed by atoms with Crippen LogP contribution in [0.3, 0.4) is 0 Å². The van der Waals surface area contributed by atoms with E-state index in [2.05, 4.69) is 46.4 Å². The number of ether oxygens (including phenoxy) is 1. The minimum Gasteiger partial charge on any atom is -0.463 e. The second-order valence-electron chi connectivity index (χ2n) is 7.50. The lowest BCUT2D eigenvalue weighted by Gasteiger charge is -2.35. The lowest BCUT2D eigenvalue weighted by molar-refractivity contribution is -0.146. The van der Waals surface area contributed by atoms with Crippen molar-refractivity contribution >= 4 is 5.97 Å². The number of nitrogens with one attached hydrogen (secondary N) is 1. The Morgan fingerprint density at radius 2 is 1.35 bits per heavy atom. The summed E-state index contributed by atoms with van der Waals surface area (Å²) in [6, 6.07) is 29.6. The van der Waals surface area contributed by atoms with Crippen LogP contribution >= 0.6 is 0 Å². The molecule has 0 saturated carbocycles. The Balaban J connectivity index is 1.71. The van der Waals surface area contributed by atoms with E-state index in [1.165, 1.54) is 0 Å². The van der Waals surface area contributed by atoms with Gasteiger partial charge in [0.1, 0.15) is 12.6 Å². The van der Waals surface area contributed by atoms with Crippen LogP contribution in [0.2, 0.25) is 0 Å². The number of aromatic nitrogens is 2. The number of imidazole rings is 1. The zero-order valence-electron chi connectivity index (χ0n) is 17.1. The third-order valence-electron chi connectivity index (χ3n) is 5.53. The fourth-order valence-corrected chi connectivity index (χ4v) is 3.92. The number of aromatic amines is 1. The molecule has 0 amide bonds. The van der Waals surface area contributed by atoms with Crippen LogP contribution in [0.1, 0.15) is 22.4 Å². The van der Waals surface area contributed by atoms with Crippen molar-refractivity contribution in [2.75, 3.05) is 6.61 Å². The van der Waals surface area contributed by atoms with Gasteiger partial charge >= 0.3 is 5.97 Å². The third-order valence-corrected chi connectivity index (χ3v) is 5.53. The van der Waals surface area contributed by atoms with E-state index < -0.39 is 17.4 Å². The van der Waals surface area contributed by atoms with E-state index in [1.807, 2.05) is 54.6 Å². The van der Waals surface area contributed by atoms with Gasteiger partial charge in [-0.1, -0.05) is 91.0 Å². The fourth-order valence-electron chi connectivity index (χ4n) is 3.92. The third kappa shape index (κ3) is 4.42. The van der Waals surface area contributed by atoms with Crippen molar-refractivity contribution in [3.05, 3.63) is 126 Å². The second kappa shape index (κ2) is 9.41.